The molecule has 0 amide bonds. The van der Waals surface area contributed by atoms with E-state index in [0.29, 0.717) is 0 Å². The first-order chi connectivity index (χ1) is 10.4. The van der Waals surface area contributed by atoms with E-state index in [2.05, 4.69) is 53.5 Å². The summed E-state index contributed by atoms with van der Waals surface area (Å²) in [5, 5.41) is 1.23. The molecule has 0 fully saturated rings. The van der Waals surface area contributed by atoms with Gasteiger partial charge in [0.05, 0.1) is 6.73 Å². The average Bonchev–Trinajstić information content (AvgIpc) is 3.00. The number of nitrogens with one attached hydrogen (secondary N) is 1. The third-order valence-electron chi connectivity index (χ3n) is 3.73. The van der Waals surface area contributed by atoms with Crippen molar-refractivity contribution in [3.63, 3.8) is 0 Å². The Morgan fingerprint density at radius 2 is 1.90 bits per heavy atom. The van der Waals surface area contributed by atoms with Crippen molar-refractivity contribution in [2.75, 3.05) is 6.73 Å². The Balaban J connectivity index is 1.93. The molecule has 3 nitrogen and oxygen atoms in total. The summed E-state index contributed by atoms with van der Waals surface area (Å²) in [5.41, 5.74) is 9.12. The Hall–Kier alpha value is -2.04. The summed E-state index contributed by atoms with van der Waals surface area (Å²) >= 11 is 0. The van der Waals surface area contributed by atoms with Crippen LogP contribution in [0.4, 0.5) is 0 Å². The first kappa shape index (κ1) is 13.9. The van der Waals surface area contributed by atoms with E-state index in [1.807, 2.05) is 12.3 Å². The van der Waals surface area contributed by atoms with E-state index in [1.54, 1.807) is 7.48 Å². The molecular formula is C17H18BN2O. The van der Waals surface area contributed by atoms with Crippen molar-refractivity contribution < 1.29 is 4.65 Å². The van der Waals surface area contributed by atoms with Gasteiger partial charge in [0.1, 0.15) is 0 Å². The van der Waals surface area contributed by atoms with Crippen LogP contribution in [0.25, 0.3) is 10.9 Å². The smallest absolute Gasteiger partial charge is 0.295 e. The van der Waals surface area contributed by atoms with Crippen LogP contribution in [0, 0.1) is 0 Å². The number of hydrogen-bond donors (Lipinski definition) is 2. The van der Waals surface area contributed by atoms with E-state index in [-0.39, 0.29) is 12.6 Å². The van der Waals surface area contributed by atoms with Crippen LogP contribution in [-0.4, -0.2) is 19.2 Å². The van der Waals surface area contributed by atoms with Gasteiger partial charge >= 0.3 is 0 Å². The third kappa shape index (κ3) is 3.18. The highest BCUT2D eigenvalue weighted by molar-refractivity contribution is 6.27. The molecular weight excluding hydrogens is 259 g/mol. The number of hydrogen-bond acceptors (Lipinski definition) is 2. The monoisotopic (exact) mass is 277 g/mol. The van der Waals surface area contributed by atoms with Crippen LogP contribution in [0.5, 0.6) is 0 Å². The first-order valence-corrected chi connectivity index (χ1v) is 7.14. The zero-order chi connectivity index (χ0) is 14.5. The Morgan fingerprint density at radius 3 is 2.71 bits per heavy atom. The molecule has 0 saturated carbocycles. The lowest BCUT2D eigenvalue weighted by Gasteiger charge is -2.17. The fourth-order valence-corrected chi connectivity index (χ4v) is 2.67. The van der Waals surface area contributed by atoms with E-state index in [9.17, 15) is 0 Å². The van der Waals surface area contributed by atoms with Crippen molar-refractivity contribution in [3.8, 4) is 0 Å². The summed E-state index contributed by atoms with van der Waals surface area (Å²) in [6, 6.07) is 19.1. The Bertz CT molecular complexity index is 696. The van der Waals surface area contributed by atoms with Gasteiger partial charge in [-0.25, -0.2) is 0 Å². The predicted octanol–water partition coefficient (Wildman–Crippen LogP) is 3.27. The second-order valence-corrected chi connectivity index (χ2v) is 5.02. The molecule has 0 spiro atoms. The van der Waals surface area contributed by atoms with Gasteiger partial charge in [-0.1, -0.05) is 36.4 Å². The van der Waals surface area contributed by atoms with Crippen molar-refractivity contribution in [1.82, 2.24) is 4.98 Å². The molecule has 105 valence electrons. The maximum absolute atomic E-state index is 5.40. The van der Waals surface area contributed by atoms with Crippen LogP contribution in [0.2, 0.25) is 6.32 Å². The molecule has 0 aliphatic heterocycles. The molecule has 1 heterocycles. The van der Waals surface area contributed by atoms with Gasteiger partial charge in [0.2, 0.25) is 0 Å². The molecule has 0 bridgehead atoms. The zero-order valence-electron chi connectivity index (χ0n) is 11.8. The van der Waals surface area contributed by atoms with Crippen molar-refractivity contribution in [1.29, 1.82) is 0 Å². The number of aromatic amines is 1. The number of rotatable bonds is 6. The van der Waals surface area contributed by atoms with Gasteiger partial charge in [0.25, 0.3) is 7.48 Å². The number of nitrogens with two attached hydrogens (primary N) is 1. The normalized spacial score (nSPS) is 12.4. The fourth-order valence-electron chi connectivity index (χ4n) is 2.67. The molecule has 0 aliphatic rings. The molecule has 1 unspecified atom stereocenters. The SMILES string of the molecule is NCO[B]CC(c1ccccc1)c1ccc2[nH]ccc2c1. The Morgan fingerprint density at radius 1 is 1.05 bits per heavy atom. The van der Waals surface area contributed by atoms with Crippen LogP contribution in [0.3, 0.4) is 0 Å². The van der Waals surface area contributed by atoms with Gasteiger partial charge in [-0.05, 0) is 41.0 Å². The molecule has 3 rings (SSSR count). The number of fused-ring (bicyclic) bond motifs is 1. The van der Waals surface area contributed by atoms with E-state index in [0.717, 1.165) is 11.8 Å². The summed E-state index contributed by atoms with van der Waals surface area (Å²) in [6.07, 6.45) is 2.77. The van der Waals surface area contributed by atoms with Crippen LogP contribution in [-0.2, 0) is 4.65 Å². The fraction of sp³-hybridized carbons (Fsp3) is 0.176. The van der Waals surface area contributed by atoms with E-state index in [4.69, 9.17) is 10.4 Å². The Labute approximate surface area is 125 Å². The molecule has 3 N–H and O–H groups in total. The molecule has 2 aromatic carbocycles. The average molecular weight is 277 g/mol. The van der Waals surface area contributed by atoms with Gasteiger partial charge in [-0.15, -0.1) is 0 Å². The molecule has 3 aromatic rings. The van der Waals surface area contributed by atoms with Crippen molar-refractivity contribution in [3.05, 3.63) is 71.9 Å². The standard InChI is InChI=1S/C17H18BN2O/c19-12-21-18-11-16(13-4-2-1-3-5-13)14-6-7-17-15(10-14)8-9-20-17/h1-10,16,20H,11-12,19H2. The highest BCUT2D eigenvalue weighted by atomic mass is 16.4. The summed E-state index contributed by atoms with van der Waals surface area (Å²) in [4.78, 5) is 3.23. The maximum atomic E-state index is 5.40. The van der Waals surface area contributed by atoms with Gasteiger partial charge in [0, 0.05) is 17.6 Å². The lowest BCUT2D eigenvalue weighted by atomic mass is 9.77. The third-order valence-corrected chi connectivity index (χ3v) is 3.73. The molecule has 1 aromatic heterocycles. The van der Waals surface area contributed by atoms with Crippen LogP contribution in [0.1, 0.15) is 17.0 Å². The molecule has 4 heteroatoms. The minimum Gasteiger partial charge on any atom is -0.429 e. The molecule has 1 atom stereocenters. The summed E-state index contributed by atoms with van der Waals surface area (Å²) in [5.74, 6) is 0.275. The van der Waals surface area contributed by atoms with Crippen molar-refractivity contribution in [2.45, 2.75) is 12.2 Å². The van der Waals surface area contributed by atoms with Gasteiger partial charge in [0.15, 0.2) is 0 Å². The lowest BCUT2D eigenvalue weighted by Crippen LogP contribution is -2.12. The summed E-state index contributed by atoms with van der Waals surface area (Å²) in [7, 11) is 1.80. The highest BCUT2D eigenvalue weighted by Crippen LogP contribution is 2.30. The van der Waals surface area contributed by atoms with Gasteiger partial charge in [-0.3, -0.25) is 0 Å². The van der Waals surface area contributed by atoms with Crippen molar-refractivity contribution >= 4 is 18.4 Å². The van der Waals surface area contributed by atoms with Crippen LogP contribution < -0.4 is 5.73 Å². The molecule has 0 aliphatic carbocycles. The minimum atomic E-state index is 0.221. The first-order valence-electron chi connectivity index (χ1n) is 7.14. The summed E-state index contributed by atoms with van der Waals surface area (Å²) in [6.45, 7) is 0.221. The van der Waals surface area contributed by atoms with Gasteiger partial charge < -0.3 is 15.4 Å². The highest BCUT2D eigenvalue weighted by Gasteiger charge is 2.15. The van der Waals surface area contributed by atoms with Crippen LogP contribution in [0.15, 0.2) is 60.8 Å². The lowest BCUT2D eigenvalue weighted by molar-refractivity contribution is 0.347. The van der Waals surface area contributed by atoms with E-state index >= 15 is 0 Å². The number of H-pyrrole nitrogens is 1. The van der Waals surface area contributed by atoms with E-state index < -0.39 is 0 Å². The van der Waals surface area contributed by atoms with Gasteiger partial charge in [-0.2, -0.15) is 0 Å². The molecule has 0 saturated heterocycles. The van der Waals surface area contributed by atoms with Crippen molar-refractivity contribution in [2.24, 2.45) is 5.73 Å². The number of benzene rings is 2. The number of aromatic nitrogens is 1. The molecule has 21 heavy (non-hydrogen) atoms. The quantitative estimate of drug-likeness (QED) is 0.413. The second kappa shape index (κ2) is 6.61. The zero-order valence-corrected chi connectivity index (χ0v) is 11.8. The molecule has 1 radical (unpaired) electrons. The topological polar surface area (TPSA) is 51.0 Å². The Kier molecular flexibility index (Phi) is 4.38. The minimum absolute atomic E-state index is 0.221. The van der Waals surface area contributed by atoms with Crippen LogP contribution >= 0.6 is 0 Å². The summed E-state index contributed by atoms with van der Waals surface area (Å²) < 4.78 is 5.23. The maximum Gasteiger partial charge on any atom is 0.295 e. The second-order valence-electron chi connectivity index (χ2n) is 5.02. The predicted molar refractivity (Wildman–Crippen MR) is 87.3 cm³/mol. The van der Waals surface area contributed by atoms with E-state index in [1.165, 1.54) is 16.5 Å². The largest absolute Gasteiger partial charge is 0.429 e.